The highest BCUT2D eigenvalue weighted by Gasteiger charge is 2.05. The molecule has 0 amide bonds. The number of anilines is 1. The normalized spacial score (nSPS) is 10.2. The number of hydrogen-bond acceptors (Lipinski definition) is 4. The van der Waals surface area contributed by atoms with Gasteiger partial charge in [0.1, 0.15) is 0 Å². The van der Waals surface area contributed by atoms with Gasteiger partial charge in [0.2, 0.25) is 0 Å². The van der Waals surface area contributed by atoms with Crippen LogP contribution in [0.25, 0.3) is 0 Å². The van der Waals surface area contributed by atoms with E-state index in [1.54, 1.807) is 14.2 Å². The van der Waals surface area contributed by atoms with E-state index < -0.39 is 5.97 Å². The molecule has 0 saturated heterocycles. The van der Waals surface area contributed by atoms with Crippen LogP contribution in [0.2, 0.25) is 0 Å². The fourth-order valence-corrected chi connectivity index (χ4v) is 2.28. The van der Waals surface area contributed by atoms with Crippen LogP contribution in [0.3, 0.4) is 0 Å². The highest BCUT2D eigenvalue weighted by Crippen LogP contribution is 2.27. The Balaban J connectivity index is 2.00. The van der Waals surface area contributed by atoms with E-state index in [-0.39, 0.29) is 6.42 Å². The number of aryl methyl sites for hydroxylation is 1. The fourth-order valence-electron chi connectivity index (χ4n) is 2.28. The molecule has 23 heavy (non-hydrogen) atoms. The molecule has 0 saturated carbocycles. The summed E-state index contributed by atoms with van der Waals surface area (Å²) in [6.45, 7) is 0.642. The SMILES string of the molecule is COc1ccc(CNc2cccc(CCC(=O)O)c2)cc1OC. The zero-order valence-corrected chi connectivity index (χ0v) is 13.3. The van der Waals surface area contributed by atoms with Gasteiger partial charge in [0.25, 0.3) is 0 Å². The molecule has 122 valence electrons. The van der Waals surface area contributed by atoms with Crippen molar-refractivity contribution in [3.63, 3.8) is 0 Å². The maximum Gasteiger partial charge on any atom is 0.303 e. The second-order valence-corrected chi connectivity index (χ2v) is 5.14. The number of carboxylic acids is 1. The Morgan fingerprint density at radius 1 is 1.04 bits per heavy atom. The van der Waals surface area contributed by atoms with E-state index in [9.17, 15) is 4.79 Å². The van der Waals surface area contributed by atoms with Gasteiger partial charge in [0.05, 0.1) is 14.2 Å². The van der Waals surface area contributed by atoms with Gasteiger partial charge in [0.15, 0.2) is 11.5 Å². The first kappa shape index (κ1) is 16.7. The number of ether oxygens (including phenoxy) is 2. The fraction of sp³-hybridized carbons (Fsp3) is 0.278. The van der Waals surface area contributed by atoms with Crippen molar-refractivity contribution in [2.45, 2.75) is 19.4 Å². The lowest BCUT2D eigenvalue weighted by Crippen LogP contribution is -2.02. The highest BCUT2D eigenvalue weighted by molar-refractivity contribution is 5.67. The summed E-state index contributed by atoms with van der Waals surface area (Å²) in [7, 11) is 3.22. The van der Waals surface area contributed by atoms with E-state index in [2.05, 4.69) is 5.32 Å². The van der Waals surface area contributed by atoms with E-state index in [4.69, 9.17) is 14.6 Å². The Labute approximate surface area is 135 Å². The second-order valence-electron chi connectivity index (χ2n) is 5.14. The van der Waals surface area contributed by atoms with Gasteiger partial charge < -0.3 is 19.9 Å². The first-order chi connectivity index (χ1) is 11.1. The standard InChI is InChI=1S/C18H21NO4/c1-22-16-8-6-14(11-17(16)23-2)12-19-15-5-3-4-13(10-15)7-9-18(20)21/h3-6,8,10-11,19H,7,9,12H2,1-2H3,(H,20,21). The molecule has 2 N–H and O–H groups in total. The molecule has 0 fully saturated rings. The summed E-state index contributed by atoms with van der Waals surface area (Å²) in [5, 5.41) is 12.1. The van der Waals surface area contributed by atoms with Crippen LogP contribution in [0.15, 0.2) is 42.5 Å². The average molecular weight is 315 g/mol. The number of nitrogens with one attached hydrogen (secondary N) is 1. The monoisotopic (exact) mass is 315 g/mol. The minimum Gasteiger partial charge on any atom is -0.493 e. The van der Waals surface area contributed by atoms with Crippen molar-refractivity contribution >= 4 is 11.7 Å². The molecule has 0 radical (unpaired) electrons. The summed E-state index contributed by atoms with van der Waals surface area (Å²) in [6, 6.07) is 13.6. The lowest BCUT2D eigenvalue weighted by atomic mass is 10.1. The molecule has 0 aromatic heterocycles. The average Bonchev–Trinajstić information content (AvgIpc) is 2.58. The highest BCUT2D eigenvalue weighted by atomic mass is 16.5. The third kappa shape index (κ3) is 4.92. The van der Waals surface area contributed by atoms with Gasteiger partial charge in [-0.25, -0.2) is 0 Å². The summed E-state index contributed by atoms with van der Waals surface area (Å²) in [6.07, 6.45) is 0.667. The van der Waals surface area contributed by atoms with Gasteiger partial charge in [-0.1, -0.05) is 18.2 Å². The van der Waals surface area contributed by atoms with Gasteiger partial charge in [-0.15, -0.1) is 0 Å². The quantitative estimate of drug-likeness (QED) is 0.782. The van der Waals surface area contributed by atoms with E-state index in [0.717, 1.165) is 16.8 Å². The number of rotatable bonds is 8. The van der Waals surface area contributed by atoms with Gasteiger partial charge in [0, 0.05) is 18.7 Å². The van der Waals surface area contributed by atoms with Crippen molar-refractivity contribution in [2.24, 2.45) is 0 Å². The molecule has 2 aromatic carbocycles. The molecule has 0 bridgehead atoms. The zero-order chi connectivity index (χ0) is 16.7. The molecule has 2 rings (SSSR count). The van der Waals surface area contributed by atoms with E-state index in [1.165, 1.54) is 0 Å². The predicted molar refractivity (Wildman–Crippen MR) is 89.3 cm³/mol. The molecule has 0 unspecified atom stereocenters. The molecule has 0 aliphatic heterocycles. The molecule has 0 heterocycles. The van der Waals surface area contributed by atoms with Crippen LogP contribution in [0, 0.1) is 0 Å². The number of hydrogen-bond donors (Lipinski definition) is 2. The van der Waals surface area contributed by atoms with Crippen LogP contribution in [-0.2, 0) is 17.8 Å². The van der Waals surface area contributed by atoms with Crippen LogP contribution in [-0.4, -0.2) is 25.3 Å². The van der Waals surface area contributed by atoms with Crippen LogP contribution >= 0.6 is 0 Å². The van der Waals surface area contributed by atoms with E-state index in [0.29, 0.717) is 24.5 Å². The zero-order valence-electron chi connectivity index (χ0n) is 13.3. The van der Waals surface area contributed by atoms with Gasteiger partial charge >= 0.3 is 5.97 Å². The molecule has 0 spiro atoms. The number of methoxy groups -OCH3 is 2. The van der Waals surface area contributed by atoms with Gasteiger partial charge in [-0.2, -0.15) is 0 Å². The number of aliphatic carboxylic acids is 1. The Hall–Kier alpha value is -2.69. The van der Waals surface area contributed by atoms with Crippen molar-refractivity contribution in [1.82, 2.24) is 0 Å². The minimum absolute atomic E-state index is 0.138. The Kier molecular flexibility index (Phi) is 5.86. The summed E-state index contributed by atoms with van der Waals surface area (Å²) in [5.41, 5.74) is 3.03. The van der Waals surface area contributed by atoms with Gasteiger partial charge in [-0.05, 0) is 41.8 Å². The summed E-state index contributed by atoms with van der Waals surface area (Å²) in [5.74, 6) is 0.614. The first-order valence-electron chi connectivity index (χ1n) is 7.38. The summed E-state index contributed by atoms with van der Waals surface area (Å²) in [4.78, 5) is 10.6. The van der Waals surface area contributed by atoms with Crippen molar-refractivity contribution in [3.05, 3.63) is 53.6 Å². The number of carbonyl (C=O) groups is 1. The van der Waals surface area contributed by atoms with Gasteiger partial charge in [-0.3, -0.25) is 4.79 Å². The number of benzene rings is 2. The molecule has 0 atom stereocenters. The Morgan fingerprint density at radius 2 is 1.83 bits per heavy atom. The third-order valence-corrected chi connectivity index (χ3v) is 3.50. The first-order valence-corrected chi connectivity index (χ1v) is 7.38. The molecular formula is C18H21NO4. The lowest BCUT2D eigenvalue weighted by molar-refractivity contribution is -0.136. The largest absolute Gasteiger partial charge is 0.493 e. The number of carboxylic acid groups (broad SMARTS) is 1. The summed E-state index contributed by atoms with van der Waals surface area (Å²) >= 11 is 0. The van der Waals surface area contributed by atoms with E-state index in [1.807, 2.05) is 42.5 Å². The Morgan fingerprint density at radius 3 is 2.52 bits per heavy atom. The van der Waals surface area contributed by atoms with E-state index >= 15 is 0 Å². The molecule has 5 nitrogen and oxygen atoms in total. The second kappa shape index (κ2) is 8.08. The van der Waals surface area contributed by atoms with Crippen LogP contribution in [0.5, 0.6) is 11.5 Å². The van der Waals surface area contributed by atoms with Crippen LogP contribution < -0.4 is 14.8 Å². The molecule has 0 aliphatic rings. The van der Waals surface area contributed by atoms with Crippen molar-refractivity contribution in [3.8, 4) is 11.5 Å². The van der Waals surface area contributed by atoms with Crippen LogP contribution in [0.1, 0.15) is 17.5 Å². The smallest absolute Gasteiger partial charge is 0.303 e. The maximum atomic E-state index is 10.6. The van der Waals surface area contributed by atoms with Crippen molar-refractivity contribution < 1.29 is 19.4 Å². The molecule has 2 aromatic rings. The lowest BCUT2D eigenvalue weighted by Gasteiger charge is -2.11. The summed E-state index contributed by atoms with van der Waals surface area (Å²) < 4.78 is 10.5. The van der Waals surface area contributed by atoms with Crippen molar-refractivity contribution in [2.75, 3.05) is 19.5 Å². The Bertz CT molecular complexity index is 670. The topological polar surface area (TPSA) is 67.8 Å². The predicted octanol–water partition coefficient (Wildman–Crippen LogP) is 3.33. The molecular weight excluding hydrogens is 294 g/mol. The van der Waals surface area contributed by atoms with Crippen LogP contribution in [0.4, 0.5) is 5.69 Å². The van der Waals surface area contributed by atoms with Crippen molar-refractivity contribution in [1.29, 1.82) is 0 Å². The maximum absolute atomic E-state index is 10.6. The molecule has 0 aliphatic carbocycles. The molecule has 5 heteroatoms. The third-order valence-electron chi connectivity index (χ3n) is 3.50. The minimum atomic E-state index is -0.784.